The van der Waals surface area contributed by atoms with Gasteiger partial charge in [-0.3, -0.25) is 4.79 Å². The number of carbonyl (C=O) groups excluding carboxylic acids is 1. The van der Waals surface area contributed by atoms with Crippen molar-refractivity contribution in [2.45, 2.75) is 76.7 Å². The standard InChI is InChI=1S/C17H34N2O2/c1-21-16-11-10-14-19(15-16)13-9-7-5-3-2-4-6-8-12-17(18)20/h16H,2-15H2,1H3,(H2,18,20). The van der Waals surface area contributed by atoms with Crippen LogP contribution in [0.25, 0.3) is 0 Å². The molecule has 1 aliphatic heterocycles. The first-order valence-electron chi connectivity index (χ1n) is 8.76. The van der Waals surface area contributed by atoms with Gasteiger partial charge in [0.15, 0.2) is 0 Å². The van der Waals surface area contributed by atoms with Crippen molar-refractivity contribution < 1.29 is 9.53 Å². The molecule has 21 heavy (non-hydrogen) atoms. The van der Waals surface area contributed by atoms with Crippen molar-refractivity contribution in [1.29, 1.82) is 0 Å². The van der Waals surface area contributed by atoms with Gasteiger partial charge in [-0.25, -0.2) is 0 Å². The molecular weight excluding hydrogens is 264 g/mol. The molecule has 0 spiro atoms. The van der Waals surface area contributed by atoms with E-state index in [1.54, 1.807) is 0 Å². The molecule has 4 nitrogen and oxygen atoms in total. The topological polar surface area (TPSA) is 55.6 Å². The van der Waals surface area contributed by atoms with Crippen LogP contribution < -0.4 is 5.73 Å². The van der Waals surface area contributed by atoms with Gasteiger partial charge in [-0.05, 0) is 38.8 Å². The first-order chi connectivity index (χ1) is 10.2. The van der Waals surface area contributed by atoms with E-state index in [9.17, 15) is 4.79 Å². The van der Waals surface area contributed by atoms with Crippen LogP contribution >= 0.6 is 0 Å². The molecule has 2 N–H and O–H groups in total. The van der Waals surface area contributed by atoms with Gasteiger partial charge in [0.25, 0.3) is 0 Å². The number of rotatable bonds is 12. The number of piperidine rings is 1. The summed E-state index contributed by atoms with van der Waals surface area (Å²) in [6.07, 6.45) is 13.5. The van der Waals surface area contributed by atoms with Crippen LogP contribution in [0.5, 0.6) is 0 Å². The minimum Gasteiger partial charge on any atom is -0.380 e. The Kier molecular flexibility index (Phi) is 10.5. The van der Waals surface area contributed by atoms with E-state index in [-0.39, 0.29) is 5.91 Å². The van der Waals surface area contributed by atoms with Crippen molar-refractivity contribution in [1.82, 2.24) is 4.90 Å². The number of methoxy groups -OCH3 is 1. The van der Waals surface area contributed by atoms with Gasteiger partial charge in [0.05, 0.1) is 6.10 Å². The summed E-state index contributed by atoms with van der Waals surface area (Å²) in [5, 5.41) is 0. The molecule has 1 amide bonds. The van der Waals surface area contributed by atoms with Crippen molar-refractivity contribution in [3.63, 3.8) is 0 Å². The number of ether oxygens (including phenoxy) is 1. The lowest BCUT2D eigenvalue weighted by Crippen LogP contribution is -2.39. The van der Waals surface area contributed by atoms with Crippen LogP contribution in [0.2, 0.25) is 0 Å². The molecule has 0 aliphatic carbocycles. The quantitative estimate of drug-likeness (QED) is 0.563. The molecule has 0 bridgehead atoms. The second-order valence-corrected chi connectivity index (χ2v) is 6.35. The van der Waals surface area contributed by atoms with Crippen molar-refractivity contribution in [3.05, 3.63) is 0 Å². The second-order valence-electron chi connectivity index (χ2n) is 6.35. The maximum absolute atomic E-state index is 10.6. The van der Waals surface area contributed by atoms with Crippen LogP contribution in [0, 0.1) is 0 Å². The fourth-order valence-electron chi connectivity index (χ4n) is 3.10. The number of likely N-dealkylation sites (tertiary alicyclic amines) is 1. The molecule has 0 aromatic rings. The predicted molar refractivity (Wildman–Crippen MR) is 87.2 cm³/mol. The highest BCUT2D eigenvalue weighted by Crippen LogP contribution is 2.14. The van der Waals surface area contributed by atoms with Gasteiger partial charge >= 0.3 is 0 Å². The molecule has 0 saturated carbocycles. The summed E-state index contributed by atoms with van der Waals surface area (Å²) in [6, 6.07) is 0. The van der Waals surface area contributed by atoms with E-state index in [0.29, 0.717) is 12.5 Å². The average Bonchev–Trinajstić information content (AvgIpc) is 2.49. The molecule has 1 saturated heterocycles. The van der Waals surface area contributed by atoms with E-state index >= 15 is 0 Å². The molecule has 1 heterocycles. The Hall–Kier alpha value is -0.610. The zero-order chi connectivity index (χ0) is 15.3. The number of hydrogen-bond acceptors (Lipinski definition) is 3. The Labute approximate surface area is 130 Å². The number of carbonyl (C=O) groups is 1. The fraction of sp³-hybridized carbons (Fsp3) is 0.941. The van der Waals surface area contributed by atoms with Crippen LogP contribution in [-0.4, -0.2) is 43.7 Å². The zero-order valence-corrected chi connectivity index (χ0v) is 13.8. The number of amides is 1. The lowest BCUT2D eigenvalue weighted by molar-refractivity contribution is -0.118. The molecule has 1 rings (SSSR count). The number of primary amides is 1. The lowest BCUT2D eigenvalue weighted by Gasteiger charge is -2.31. The molecule has 1 atom stereocenters. The third-order valence-corrected chi connectivity index (χ3v) is 4.44. The molecule has 0 radical (unpaired) electrons. The molecule has 1 fully saturated rings. The van der Waals surface area contributed by atoms with Crippen LogP contribution in [0.1, 0.15) is 70.6 Å². The predicted octanol–water partition coefficient (Wildman–Crippen LogP) is 3.09. The van der Waals surface area contributed by atoms with E-state index in [1.165, 1.54) is 64.5 Å². The Morgan fingerprint density at radius 3 is 2.33 bits per heavy atom. The maximum atomic E-state index is 10.6. The number of nitrogens with zero attached hydrogens (tertiary/aromatic N) is 1. The van der Waals surface area contributed by atoms with Gasteiger partial charge in [-0.1, -0.05) is 38.5 Å². The highest BCUT2D eigenvalue weighted by molar-refractivity contribution is 5.73. The van der Waals surface area contributed by atoms with Crippen LogP contribution in [0.4, 0.5) is 0 Å². The summed E-state index contributed by atoms with van der Waals surface area (Å²) in [5.41, 5.74) is 5.12. The number of hydrogen-bond donors (Lipinski definition) is 1. The number of nitrogens with two attached hydrogens (primary N) is 1. The zero-order valence-electron chi connectivity index (χ0n) is 13.8. The minimum atomic E-state index is -0.163. The first-order valence-corrected chi connectivity index (χ1v) is 8.76. The van der Waals surface area contributed by atoms with Gasteiger partial charge in [0.1, 0.15) is 0 Å². The SMILES string of the molecule is COC1CCCN(CCCCCCCCCCC(N)=O)C1. The highest BCUT2D eigenvalue weighted by Gasteiger charge is 2.18. The molecule has 1 aliphatic rings. The summed E-state index contributed by atoms with van der Waals surface area (Å²) in [7, 11) is 1.83. The van der Waals surface area contributed by atoms with E-state index in [4.69, 9.17) is 10.5 Å². The third kappa shape index (κ3) is 9.86. The second kappa shape index (κ2) is 12.0. The summed E-state index contributed by atoms with van der Waals surface area (Å²) in [6.45, 7) is 3.61. The molecule has 4 heteroatoms. The van der Waals surface area contributed by atoms with E-state index in [1.807, 2.05) is 7.11 Å². The largest absolute Gasteiger partial charge is 0.380 e. The maximum Gasteiger partial charge on any atom is 0.217 e. The van der Waals surface area contributed by atoms with Gasteiger partial charge in [-0.2, -0.15) is 0 Å². The van der Waals surface area contributed by atoms with Gasteiger partial charge in [0, 0.05) is 20.1 Å². The Bertz CT molecular complexity index is 272. The average molecular weight is 298 g/mol. The fourth-order valence-corrected chi connectivity index (χ4v) is 3.10. The van der Waals surface area contributed by atoms with Crippen molar-refractivity contribution in [2.24, 2.45) is 5.73 Å². The van der Waals surface area contributed by atoms with E-state index < -0.39 is 0 Å². The lowest BCUT2D eigenvalue weighted by atomic mass is 10.1. The van der Waals surface area contributed by atoms with E-state index in [0.717, 1.165) is 19.4 Å². The van der Waals surface area contributed by atoms with E-state index in [2.05, 4.69) is 4.90 Å². The Morgan fingerprint density at radius 2 is 1.71 bits per heavy atom. The normalized spacial score (nSPS) is 19.8. The highest BCUT2D eigenvalue weighted by atomic mass is 16.5. The summed E-state index contributed by atoms with van der Waals surface area (Å²) < 4.78 is 5.46. The molecular formula is C17H34N2O2. The van der Waals surface area contributed by atoms with Crippen molar-refractivity contribution in [3.8, 4) is 0 Å². The van der Waals surface area contributed by atoms with Crippen LogP contribution in [0.3, 0.4) is 0 Å². The first kappa shape index (κ1) is 18.4. The molecule has 0 aromatic heterocycles. The summed E-state index contributed by atoms with van der Waals surface area (Å²) in [4.78, 5) is 13.1. The molecule has 1 unspecified atom stereocenters. The Morgan fingerprint density at radius 1 is 1.10 bits per heavy atom. The van der Waals surface area contributed by atoms with Crippen LogP contribution in [-0.2, 0) is 9.53 Å². The number of unbranched alkanes of at least 4 members (excludes halogenated alkanes) is 7. The van der Waals surface area contributed by atoms with Crippen molar-refractivity contribution >= 4 is 5.91 Å². The van der Waals surface area contributed by atoms with Gasteiger partial charge in [-0.15, -0.1) is 0 Å². The summed E-state index contributed by atoms with van der Waals surface area (Å²) >= 11 is 0. The van der Waals surface area contributed by atoms with Gasteiger partial charge in [0.2, 0.25) is 5.91 Å². The molecule has 0 aromatic carbocycles. The molecule has 124 valence electrons. The minimum absolute atomic E-state index is 0.163. The third-order valence-electron chi connectivity index (χ3n) is 4.44. The smallest absolute Gasteiger partial charge is 0.217 e. The van der Waals surface area contributed by atoms with Gasteiger partial charge < -0.3 is 15.4 Å². The Balaban J connectivity index is 1.83. The monoisotopic (exact) mass is 298 g/mol. The van der Waals surface area contributed by atoms with Crippen LogP contribution in [0.15, 0.2) is 0 Å². The summed E-state index contributed by atoms with van der Waals surface area (Å²) in [5.74, 6) is -0.163. The van der Waals surface area contributed by atoms with Crippen molar-refractivity contribution in [2.75, 3.05) is 26.7 Å².